The van der Waals surface area contributed by atoms with Crippen molar-refractivity contribution in [1.82, 2.24) is 24.3 Å². The lowest BCUT2D eigenvalue weighted by Crippen LogP contribution is -2.57. The van der Waals surface area contributed by atoms with Gasteiger partial charge in [-0.25, -0.2) is 18.0 Å². The van der Waals surface area contributed by atoms with Crippen LogP contribution in [0, 0.1) is 0 Å². The smallest absolute Gasteiger partial charge is 0.414 e. The van der Waals surface area contributed by atoms with Gasteiger partial charge in [0.05, 0.1) is 12.0 Å². The number of carbonyl (C=O) groups is 3. The third kappa shape index (κ3) is 7.31. The molecule has 2 amide bonds. The van der Waals surface area contributed by atoms with E-state index in [0.717, 1.165) is 4.31 Å². The summed E-state index contributed by atoms with van der Waals surface area (Å²) < 4.78 is 39.1. The summed E-state index contributed by atoms with van der Waals surface area (Å²) in [7, 11) is 0.661. The van der Waals surface area contributed by atoms with Crippen molar-refractivity contribution in [3.05, 3.63) is 42.1 Å². The Labute approximate surface area is 233 Å². The molecule has 2 atom stereocenters. The lowest BCUT2D eigenvalue weighted by atomic mass is 10.0. The number of carbonyl (C=O) groups excluding carboxylic acids is 3. The lowest BCUT2D eigenvalue weighted by molar-refractivity contribution is -0.151. The van der Waals surface area contributed by atoms with Gasteiger partial charge in [0.25, 0.3) is 10.0 Å². The van der Waals surface area contributed by atoms with Gasteiger partial charge in [-0.2, -0.15) is 9.40 Å². The molecule has 3 rings (SSSR count). The molecule has 1 aromatic heterocycles. The molecule has 14 heteroatoms. The van der Waals surface area contributed by atoms with Crippen molar-refractivity contribution in [3.63, 3.8) is 0 Å². The fourth-order valence-corrected chi connectivity index (χ4v) is 7.04. The van der Waals surface area contributed by atoms with Crippen LogP contribution in [0.3, 0.4) is 0 Å². The van der Waals surface area contributed by atoms with Crippen LogP contribution < -0.4 is 10.1 Å². The van der Waals surface area contributed by atoms with Crippen molar-refractivity contribution in [2.24, 2.45) is 7.05 Å². The third-order valence-corrected chi connectivity index (χ3v) is 9.15. The molecule has 1 aromatic carbocycles. The standard InChI is InChI=1S/C25H35N5O7S2/c1-16(2)36-23(32)19(14-17-8-10-18(11-9-17)37-24(33)28(5)6)26-22(31)21-25(3,4)38-15-30(21)39(34,35)20-12-13-29(7)27-20/h8-13,16,19,21H,14-15H2,1-7H3,(H,26,31)/t19-,21+/m0/s1. The number of nitrogens with zero attached hydrogens (tertiary/aromatic N) is 4. The van der Waals surface area contributed by atoms with Gasteiger partial charge in [0.2, 0.25) is 5.91 Å². The largest absolute Gasteiger partial charge is 0.461 e. The summed E-state index contributed by atoms with van der Waals surface area (Å²) >= 11 is 1.32. The van der Waals surface area contributed by atoms with E-state index in [4.69, 9.17) is 9.47 Å². The summed E-state index contributed by atoms with van der Waals surface area (Å²) in [5.74, 6) is -0.892. The molecule has 0 spiro atoms. The van der Waals surface area contributed by atoms with Gasteiger partial charge in [0.15, 0.2) is 5.03 Å². The molecule has 39 heavy (non-hydrogen) atoms. The summed E-state index contributed by atoms with van der Waals surface area (Å²) in [6, 6.07) is 5.71. The van der Waals surface area contributed by atoms with Crippen LogP contribution in [0.2, 0.25) is 0 Å². The second-order valence-corrected chi connectivity index (χ2v) is 13.6. The van der Waals surface area contributed by atoms with E-state index in [1.165, 1.54) is 33.6 Å². The number of amides is 2. The van der Waals surface area contributed by atoms with Gasteiger partial charge < -0.3 is 19.7 Å². The molecular formula is C25H35N5O7S2. The van der Waals surface area contributed by atoms with Gasteiger partial charge in [0.1, 0.15) is 17.8 Å². The minimum absolute atomic E-state index is 0.0538. The van der Waals surface area contributed by atoms with E-state index in [1.54, 1.807) is 73.1 Å². The number of esters is 1. The quantitative estimate of drug-likeness (QED) is 0.440. The van der Waals surface area contributed by atoms with Crippen LogP contribution in [0.1, 0.15) is 33.3 Å². The highest BCUT2D eigenvalue weighted by Gasteiger charge is 2.52. The van der Waals surface area contributed by atoms with E-state index in [0.29, 0.717) is 11.3 Å². The van der Waals surface area contributed by atoms with E-state index in [-0.39, 0.29) is 17.3 Å². The van der Waals surface area contributed by atoms with Gasteiger partial charge in [-0.15, -0.1) is 11.8 Å². The van der Waals surface area contributed by atoms with Crippen molar-refractivity contribution < 1.29 is 32.3 Å². The summed E-state index contributed by atoms with van der Waals surface area (Å²) in [5, 5.41) is 6.60. The predicted molar refractivity (Wildman–Crippen MR) is 146 cm³/mol. The van der Waals surface area contributed by atoms with Crippen LogP contribution >= 0.6 is 11.8 Å². The maximum absolute atomic E-state index is 13.7. The minimum atomic E-state index is -4.08. The molecule has 2 aromatic rings. The number of hydrogen-bond donors (Lipinski definition) is 1. The molecule has 1 saturated heterocycles. The van der Waals surface area contributed by atoms with Crippen LogP contribution in [0.4, 0.5) is 4.79 Å². The molecule has 1 fully saturated rings. The topological polar surface area (TPSA) is 140 Å². The Morgan fingerprint density at radius 3 is 2.36 bits per heavy atom. The van der Waals surface area contributed by atoms with Crippen molar-refractivity contribution in [2.45, 2.75) is 62.1 Å². The number of sulfonamides is 1. The van der Waals surface area contributed by atoms with Crippen LogP contribution in [-0.2, 0) is 37.8 Å². The van der Waals surface area contributed by atoms with Gasteiger partial charge >= 0.3 is 12.1 Å². The monoisotopic (exact) mass is 581 g/mol. The molecule has 1 aliphatic rings. The first-order chi connectivity index (χ1) is 18.1. The summed E-state index contributed by atoms with van der Waals surface area (Å²) in [5.41, 5.74) is 0.670. The van der Waals surface area contributed by atoms with Crippen molar-refractivity contribution in [1.29, 1.82) is 0 Å². The Morgan fingerprint density at radius 2 is 1.82 bits per heavy atom. The van der Waals surface area contributed by atoms with Gasteiger partial charge in [-0.1, -0.05) is 12.1 Å². The number of hydrogen-bond acceptors (Lipinski definition) is 9. The summed E-state index contributed by atoms with van der Waals surface area (Å²) in [6.07, 6.45) is 0.632. The van der Waals surface area contributed by atoms with E-state index >= 15 is 0 Å². The molecule has 2 heterocycles. The fourth-order valence-electron chi connectivity index (χ4n) is 3.92. The number of nitrogens with one attached hydrogen (secondary N) is 1. The number of thioether (sulfide) groups is 1. The first kappa shape index (κ1) is 30.4. The highest BCUT2D eigenvalue weighted by Crippen LogP contribution is 2.42. The average molecular weight is 582 g/mol. The molecule has 214 valence electrons. The molecule has 0 unspecified atom stereocenters. The van der Waals surface area contributed by atoms with Crippen molar-refractivity contribution in [3.8, 4) is 5.75 Å². The Kier molecular flexibility index (Phi) is 9.34. The third-order valence-electron chi connectivity index (χ3n) is 5.91. The van der Waals surface area contributed by atoms with Crippen LogP contribution in [0.25, 0.3) is 0 Å². The van der Waals surface area contributed by atoms with E-state index in [1.807, 2.05) is 0 Å². The predicted octanol–water partition coefficient (Wildman–Crippen LogP) is 2.00. The zero-order chi connectivity index (χ0) is 29.1. The van der Waals surface area contributed by atoms with Crippen molar-refractivity contribution in [2.75, 3.05) is 20.0 Å². The zero-order valence-corrected chi connectivity index (χ0v) is 24.7. The highest BCUT2D eigenvalue weighted by atomic mass is 32.2. The fraction of sp³-hybridized carbons (Fsp3) is 0.520. The zero-order valence-electron chi connectivity index (χ0n) is 23.1. The van der Waals surface area contributed by atoms with Gasteiger partial charge in [-0.05, 0) is 51.5 Å². The van der Waals surface area contributed by atoms with Crippen LogP contribution in [-0.4, -0.2) is 88.3 Å². The Morgan fingerprint density at radius 1 is 1.18 bits per heavy atom. The van der Waals surface area contributed by atoms with Gasteiger partial charge in [0, 0.05) is 38.5 Å². The Bertz CT molecular complexity index is 1310. The van der Waals surface area contributed by atoms with Crippen LogP contribution in [0.15, 0.2) is 41.6 Å². The number of aryl methyl sites for hydroxylation is 1. The number of rotatable bonds is 9. The highest BCUT2D eigenvalue weighted by molar-refractivity contribution is 8.02. The number of ether oxygens (including phenoxy) is 2. The molecule has 0 radical (unpaired) electrons. The molecule has 0 aliphatic carbocycles. The summed E-state index contributed by atoms with van der Waals surface area (Å²) in [4.78, 5) is 39.7. The number of benzene rings is 1. The molecule has 0 saturated carbocycles. The maximum Gasteiger partial charge on any atom is 0.414 e. The normalized spacial score (nSPS) is 18.0. The Balaban J connectivity index is 1.84. The van der Waals surface area contributed by atoms with Gasteiger partial charge in [-0.3, -0.25) is 9.48 Å². The second kappa shape index (κ2) is 12.0. The SMILES string of the molecule is CC(C)OC(=O)[C@H](Cc1ccc(OC(=O)N(C)C)cc1)NC(=O)[C@H]1N(S(=O)(=O)c2ccn(C)n2)CSC1(C)C. The molecule has 1 aliphatic heterocycles. The first-order valence-electron chi connectivity index (χ1n) is 12.3. The summed E-state index contributed by atoms with van der Waals surface area (Å²) in [6.45, 7) is 6.96. The lowest BCUT2D eigenvalue weighted by Gasteiger charge is -2.31. The number of aromatic nitrogens is 2. The van der Waals surface area contributed by atoms with Crippen LogP contribution in [0.5, 0.6) is 5.75 Å². The second-order valence-electron chi connectivity index (χ2n) is 10.2. The molecular weight excluding hydrogens is 546 g/mol. The molecule has 12 nitrogen and oxygen atoms in total. The van der Waals surface area contributed by atoms with E-state index in [2.05, 4.69) is 10.4 Å². The first-order valence-corrected chi connectivity index (χ1v) is 14.7. The average Bonchev–Trinajstić information content (AvgIpc) is 3.42. The minimum Gasteiger partial charge on any atom is -0.461 e. The maximum atomic E-state index is 13.7. The van der Waals surface area contributed by atoms with E-state index < -0.39 is 50.9 Å². The molecule has 1 N–H and O–H groups in total. The van der Waals surface area contributed by atoms with E-state index in [9.17, 15) is 22.8 Å². The molecule has 0 bridgehead atoms. The Hall–Kier alpha value is -3.10. The van der Waals surface area contributed by atoms with Crippen molar-refractivity contribution >= 4 is 39.8 Å².